The lowest BCUT2D eigenvalue weighted by Crippen LogP contribution is -2.37. The molecule has 2 N–H and O–H groups in total. The lowest BCUT2D eigenvalue weighted by Gasteiger charge is -2.17. The molecule has 2 unspecified atom stereocenters. The van der Waals surface area contributed by atoms with Gasteiger partial charge in [0.25, 0.3) is 0 Å². The third kappa shape index (κ3) is 3.10. The van der Waals surface area contributed by atoms with E-state index in [4.69, 9.17) is 10.5 Å². The van der Waals surface area contributed by atoms with Gasteiger partial charge in [-0.15, -0.1) is 0 Å². The maximum atomic E-state index is 12.2. The van der Waals surface area contributed by atoms with Crippen LogP contribution < -0.4 is 5.73 Å². The molecule has 0 aliphatic carbocycles. The van der Waals surface area contributed by atoms with Crippen LogP contribution in [0, 0.1) is 12.8 Å². The molecule has 0 amide bonds. The molecule has 100 valence electrons. The maximum absolute atomic E-state index is 12.2. The van der Waals surface area contributed by atoms with Crippen molar-refractivity contribution in [2.24, 2.45) is 11.7 Å². The highest BCUT2D eigenvalue weighted by molar-refractivity contribution is 7.91. The average Bonchev–Trinajstić information content (AvgIpc) is 2.82. The van der Waals surface area contributed by atoms with E-state index in [1.165, 1.54) is 0 Å². The molecule has 1 saturated heterocycles. The number of rotatable bonds is 4. The predicted molar refractivity (Wildman–Crippen MR) is 70.1 cm³/mol. The van der Waals surface area contributed by atoms with Gasteiger partial charge in [0.1, 0.15) is 0 Å². The van der Waals surface area contributed by atoms with Gasteiger partial charge < -0.3 is 10.5 Å². The summed E-state index contributed by atoms with van der Waals surface area (Å²) in [5, 5.41) is 0. The molecule has 0 saturated carbocycles. The zero-order valence-corrected chi connectivity index (χ0v) is 11.3. The van der Waals surface area contributed by atoms with Crippen LogP contribution in [0.4, 0.5) is 0 Å². The fourth-order valence-corrected chi connectivity index (χ4v) is 3.81. The van der Waals surface area contributed by atoms with E-state index in [2.05, 4.69) is 0 Å². The minimum Gasteiger partial charge on any atom is -0.381 e. The number of hydrogen-bond donors (Lipinski definition) is 1. The standard InChI is InChI=1S/C13H19NO3S/c1-10-3-2-4-12(7-10)18(15,16)9-13(14)11-5-6-17-8-11/h2-4,7,11,13H,5-6,8-9,14H2,1H3. The minimum atomic E-state index is -3.30. The van der Waals surface area contributed by atoms with E-state index in [9.17, 15) is 8.42 Å². The van der Waals surface area contributed by atoms with Crippen LogP contribution in [0.15, 0.2) is 29.2 Å². The lowest BCUT2D eigenvalue weighted by molar-refractivity contribution is 0.182. The quantitative estimate of drug-likeness (QED) is 0.889. The van der Waals surface area contributed by atoms with Crippen LogP contribution in [0.1, 0.15) is 12.0 Å². The van der Waals surface area contributed by atoms with Crippen molar-refractivity contribution in [1.29, 1.82) is 0 Å². The second-order valence-electron chi connectivity index (χ2n) is 4.89. The van der Waals surface area contributed by atoms with Crippen LogP contribution in [0.2, 0.25) is 0 Å². The van der Waals surface area contributed by atoms with Crippen molar-refractivity contribution in [1.82, 2.24) is 0 Å². The lowest BCUT2D eigenvalue weighted by atomic mass is 10.0. The Balaban J connectivity index is 2.11. The molecule has 0 aromatic heterocycles. The van der Waals surface area contributed by atoms with Gasteiger partial charge in [-0.05, 0) is 31.0 Å². The van der Waals surface area contributed by atoms with Crippen molar-refractivity contribution in [2.45, 2.75) is 24.3 Å². The summed E-state index contributed by atoms with van der Waals surface area (Å²) < 4.78 is 29.7. The second kappa shape index (κ2) is 5.38. The van der Waals surface area contributed by atoms with Crippen LogP contribution in [0.5, 0.6) is 0 Å². The molecule has 5 heteroatoms. The van der Waals surface area contributed by atoms with E-state index in [0.717, 1.165) is 12.0 Å². The van der Waals surface area contributed by atoms with Crippen LogP contribution in [0.25, 0.3) is 0 Å². The number of aryl methyl sites for hydroxylation is 1. The maximum Gasteiger partial charge on any atom is 0.179 e. The van der Waals surface area contributed by atoms with Gasteiger partial charge in [-0.25, -0.2) is 8.42 Å². The Morgan fingerprint density at radius 1 is 1.50 bits per heavy atom. The molecular formula is C13H19NO3S. The normalized spacial score (nSPS) is 22.0. The Morgan fingerprint density at radius 3 is 2.89 bits per heavy atom. The molecule has 1 aliphatic rings. The van der Waals surface area contributed by atoms with Gasteiger partial charge in [-0.2, -0.15) is 0 Å². The molecular weight excluding hydrogens is 250 g/mol. The molecule has 0 bridgehead atoms. The van der Waals surface area contributed by atoms with Gasteiger partial charge in [-0.3, -0.25) is 0 Å². The van der Waals surface area contributed by atoms with Gasteiger partial charge >= 0.3 is 0 Å². The highest BCUT2D eigenvalue weighted by atomic mass is 32.2. The molecule has 18 heavy (non-hydrogen) atoms. The van der Waals surface area contributed by atoms with Crippen LogP contribution in [0.3, 0.4) is 0 Å². The van der Waals surface area contributed by atoms with Crippen molar-refractivity contribution in [3.63, 3.8) is 0 Å². The first-order chi connectivity index (χ1) is 8.49. The predicted octanol–water partition coefficient (Wildman–Crippen LogP) is 1.13. The van der Waals surface area contributed by atoms with Gasteiger partial charge in [0.05, 0.1) is 17.3 Å². The molecule has 2 rings (SSSR count). The molecule has 4 nitrogen and oxygen atoms in total. The zero-order chi connectivity index (χ0) is 13.2. The number of benzene rings is 1. The number of hydrogen-bond acceptors (Lipinski definition) is 4. The topological polar surface area (TPSA) is 69.4 Å². The van der Waals surface area contributed by atoms with Crippen molar-refractivity contribution in [3.8, 4) is 0 Å². The fourth-order valence-electron chi connectivity index (χ4n) is 2.18. The van der Waals surface area contributed by atoms with E-state index in [1.807, 2.05) is 13.0 Å². The van der Waals surface area contributed by atoms with E-state index >= 15 is 0 Å². The second-order valence-corrected chi connectivity index (χ2v) is 6.92. The number of nitrogens with two attached hydrogens (primary N) is 1. The summed E-state index contributed by atoms with van der Waals surface area (Å²) in [6.45, 7) is 3.14. The molecule has 1 heterocycles. The van der Waals surface area contributed by atoms with Crippen LogP contribution in [-0.4, -0.2) is 33.4 Å². The van der Waals surface area contributed by atoms with Gasteiger partial charge in [-0.1, -0.05) is 12.1 Å². The first-order valence-electron chi connectivity index (χ1n) is 6.12. The number of ether oxygens (including phenoxy) is 1. The molecule has 0 radical (unpaired) electrons. The van der Waals surface area contributed by atoms with Crippen LogP contribution in [-0.2, 0) is 14.6 Å². The van der Waals surface area contributed by atoms with Crippen molar-refractivity contribution in [2.75, 3.05) is 19.0 Å². The van der Waals surface area contributed by atoms with Gasteiger partial charge in [0, 0.05) is 18.6 Å². The SMILES string of the molecule is Cc1cccc(S(=O)(=O)CC(N)C2CCOC2)c1. The third-order valence-corrected chi connectivity index (χ3v) is 5.13. The van der Waals surface area contributed by atoms with E-state index < -0.39 is 9.84 Å². The van der Waals surface area contributed by atoms with Gasteiger partial charge in [0.15, 0.2) is 9.84 Å². The summed E-state index contributed by atoms with van der Waals surface area (Å²) >= 11 is 0. The smallest absolute Gasteiger partial charge is 0.179 e. The zero-order valence-electron chi connectivity index (χ0n) is 10.5. The Hall–Kier alpha value is -0.910. The molecule has 1 fully saturated rings. The fraction of sp³-hybridized carbons (Fsp3) is 0.538. The van der Waals surface area contributed by atoms with Crippen LogP contribution >= 0.6 is 0 Å². The Kier molecular flexibility index (Phi) is 4.04. The molecule has 0 spiro atoms. The summed E-state index contributed by atoms with van der Waals surface area (Å²) in [5.74, 6) is 0.148. The summed E-state index contributed by atoms with van der Waals surface area (Å²) in [6.07, 6.45) is 0.852. The molecule has 2 atom stereocenters. The molecule has 1 aromatic rings. The third-order valence-electron chi connectivity index (χ3n) is 3.33. The van der Waals surface area contributed by atoms with E-state index in [-0.39, 0.29) is 17.7 Å². The first-order valence-corrected chi connectivity index (χ1v) is 7.77. The summed E-state index contributed by atoms with van der Waals surface area (Å²) in [6, 6.07) is 6.60. The largest absolute Gasteiger partial charge is 0.381 e. The Labute approximate surface area is 108 Å². The van der Waals surface area contributed by atoms with E-state index in [1.54, 1.807) is 18.2 Å². The molecule has 1 aliphatic heterocycles. The van der Waals surface area contributed by atoms with Crippen molar-refractivity contribution >= 4 is 9.84 Å². The average molecular weight is 269 g/mol. The Bertz CT molecular complexity index is 507. The van der Waals surface area contributed by atoms with Gasteiger partial charge in [0.2, 0.25) is 0 Å². The van der Waals surface area contributed by atoms with Crippen molar-refractivity contribution in [3.05, 3.63) is 29.8 Å². The van der Waals surface area contributed by atoms with E-state index in [0.29, 0.717) is 18.1 Å². The summed E-state index contributed by atoms with van der Waals surface area (Å²) in [7, 11) is -3.30. The number of sulfone groups is 1. The molecule has 1 aromatic carbocycles. The minimum absolute atomic E-state index is 0.00944. The summed E-state index contributed by atoms with van der Waals surface area (Å²) in [5.41, 5.74) is 6.92. The monoisotopic (exact) mass is 269 g/mol. The highest BCUT2D eigenvalue weighted by Crippen LogP contribution is 2.20. The summed E-state index contributed by atoms with van der Waals surface area (Å²) in [4.78, 5) is 0.358. The Morgan fingerprint density at radius 2 is 2.28 bits per heavy atom. The first kappa shape index (κ1) is 13.5. The highest BCUT2D eigenvalue weighted by Gasteiger charge is 2.28. The van der Waals surface area contributed by atoms with Crippen molar-refractivity contribution < 1.29 is 13.2 Å².